The van der Waals surface area contributed by atoms with E-state index in [2.05, 4.69) is 5.32 Å². The summed E-state index contributed by atoms with van der Waals surface area (Å²) in [6.07, 6.45) is 0. The predicted molar refractivity (Wildman–Crippen MR) is 124 cm³/mol. The smallest absolute Gasteiger partial charge is 0.338 e. The molecular formula is C26H22N2O6. The van der Waals surface area contributed by atoms with Gasteiger partial charge in [-0.2, -0.15) is 0 Å². The Morgan fingerprint density at radius 3 is 2.18 bits per heavy atom. The van der Waals surface area contributed by atoms with Crippen LogP contribution in [0.4, 0.5) is 5.69 Å². The lowest BCUT2D eigenvalue weighted by molar-refractivity contribution is -0.119. The van der Waals surface area contributed by atoms with Crippen LogP contribution in [-0.4, -0.2) is 41.2 Å². The molecule has 0 atom stereocenters. The Labute approximate surface area is 196 Å². The Hall–Kier alpha value is -4.46. The number of para-hydroxylation sites is 1. The van der Waals surface area contributed by atoms with Gasteiger partial charge in [0, 0.05) is 11.7 Å². The normalized spacial score (nSPS) is 12.5. The average molecular weight is 458 g/mol. The third-order valence-corrected chi connectivity index (χ3v) is 5.12. The molecule has 1 aliphatic rings. The first-order chi connectivity index (χ1) is 16.3. The summed E-state index contributed by atoms with van der Waals surface area (Å²) in [6, 6.07) is 19.9. The summed E-state index contributed by atoms with van der Waals surface area (Å²) in [5.74, 6) is -0.843. The fraction of sp³-hybridized carbons (Fsp3) is 0.154. The van der Waals surface area contributed by atoms with Crippen molar-refractivity contribution < 1.29 is 28.7 Å². The van der Waals surface area contributed by atoms with Gasteiger partial charge >= 0.3 is 5.97 Å². The number of ether oxygens (including phenoxy) is 2. The first kappa shape index (κ1) is 22.7. The minimum absolute atomic E-state index is 0.0840. The first-order valence-electron chi connectivity index (χ1n) is 10.7. The van der Waals surface area contributed by atoms with Crippen molar-refractivity contribution in [2.45, 2.75) is 19.9 Å². The molecule has 1 aliphatic heterocycles. The van der Waals surface area contributed by atoms with Crippen molar-refractivity contribution in [3.05, 3.63) is 89.5 Å². The standard InChI is InChI=1S/C26H22N2O6/c1-16(2)28-24(30)21-13-8-17(14-22(21)25(28)31)26(32)33-15-23(29)27-18-9-11-20(12-10-18)34-19-6-4-3-5-7-19/h3-14,16H,15H2,1-2H3,(H,27,29). The molecule has 0 unspecified atom stereocenters. The molecule has 0 aliphatic carbocycles. The van der Waals surface area contributed by atoms with Gasteiger partial charge in [0.15, 0.2) is 6.61 Å². The number of hydrogen-bond acceptors (Lipinski definition) is 6. The highest BCUT2D eigenvalue weighted by molar-refractivity contribution is 6.22. The van der Waals surface area contributed by atoms with Crippen molar-refractivity contribution in [3.63, 3.8) is 0 Å². The number of amides is 3. The number of nitrogens with one attached hydrogen (secondary N) is 1. The molecule has 3 amide bonds. The SMILES string of the molecule is CC(C)N1C(=O)c2ccc(C(=O)OCC(=O)Nc3ccc(Oc4ccccc4)cc3)cc2C1=O. The van der Waals surface area contributed by atoms with E-state index >= 15 is 0 Å². The van der Waals surface area contributed by atoms with E-state index in [1.165, 1.54) is 18.2 Å². The molecule has 1 heterocycles. The van der Waals surface area contributed by atoms with Crippen LogP contribution < -0.4 is 10.1 Å². The highest BCUT2D eigenvalue weighted by atomic mass is 16.5. The Bertz CT molecular complexity index is 1250. The quantitative estimate of drug-likeness (QED) is 0.419. The van der Waals surface area contributed by atoms with Crippen molar-refractivity contribution >= 4 is 29.4 Å². The van der Waals surface area contributed by atoms with Crippen LogP contribution in [0.1, 0.15) is 44.9 Å². The number of nitrogens with zero attached hydrogens (tertiary/aromatic N) is 1. The molecule has 1 N–H and O–H groups in total. The van der Waals surface area contributed by atoms with Crippen molar-refractivity contribution in [2.24, 2.45) is 0 Å². The predicted octanol–water partition coefficient (Wildman–Crippen LogP) is 4.28. The third kappa shape index (κ3) is 4.80. The third-order valence-electron chi connectivity index (χ3n) is 5.12. The second-order valence-corrected chi connectivity index (χ2v) is 7.90. The fourth-order valence-corrected chi connectivity index (χ4v) is 3.50. The van der Waals surface area contributed by atoms with Crippen LogP contribution in [0.3, 0.4) is 0 Å². The fourth-order valence-electron chi connectivity index (χ4n) is 3.50. The van der Waals surface area contributed by atoms with E-state index in [-0.39, 0.29) is 22.7 Å². The number of benzene rings is 3. The molecular weight excluding hydrogens is 436 g/mol. The minimum Gasteiger partial charge on any atom is -0.457 e. The molecule has 0 radical (unpaired) electrons. The molecule has 3 aromatic rings. The zero-order valence-corrected chi connectivity index (χ0v) is 18.6. The van der Waals surface area contributed by atoms with Gasteiger partial charge in [0.1, 0.15) is 11.5 Å². The molecule has 0 saturated heterocycles. The van der Waals surface area contributed by atoms with Gasteiger partial charge in [0.05, 0.1) is 16.7 Å². The van der Waals surface area contributed by atoms with Gasteiger partial charge in [-0.15, -0.1) is 0 Å². The van der Waals surface area contributed by atoms with Gasteiger partial charge in [0.2, 0.25) is 0 Å². The van der Waals surface area contributed by atoms with Crippen LogP contribution in [0.2, 0.25) is 0 Å². The van der Waals surface area contributed by atoms with Crippen LogP contribution in [-0.2, 0) is 9.53 Å². The van der Waals surface area contributed by atoms with E-state index < -0.39 is 30.3 Å². The largest absolute Gasteiger partial charge is 0.457 e. The molecule has 4 rings (SSSR count). The Kier molecular flexibility index (Phi) is 6.40. The van der Waals surface area contributed by atoms with Crippen molar-refractivity contribution in [2.75, 3.05) is 11.9 Å². The summed E-state index contributed by atoms with van der Waals surface area (Å²) in [6.45, 7) is 2.96. The number of anilines is 1. The molecule has 0 fully saturated rings. The molecule has 0 bridgehead atoms. The van der Waals surface area contributed by atoms with Crippen molar-refractivity contribution in [3.8, 4) is 11.5 Å². The topological polar surface area (TPSA) is 102 Å². The molecule has 0 saturated carbocycles. The second-order valence-electron chi connectivity index (χ2n) is 7.90. The lowest BCUT2D eigenvalue weighted by Crippen LogP contribution is -2.35. The van der Waals surface area contributed by atoms with Gasteiger partial charge < -0.3 is 14.8 Å². The van der Waals surface area contributed by atoms with Crippen LogP contribution in [0.25, 0.3) is 0 Å². The molecule has 8 heteroatoms. The van der Waals surface area contributed by atoms with E-state index in [0.29, 0.717) is 17.2 Å². The van der Waals surface area contributed by atoms with E-state index in [0.717, 1.165) is 4.90 Å². The molecule has 0 aromatic heterocycles. The van der Waals surface area contributed by atoms with E-state index in [1.54, 1.807) is 38.1 Å². The van der Waals surface area contributed by atoms with E-state index in [9.17, 15) is 19.2 Å². The van der Waals surface area contributed by atoms with Gasteiger partial charge in [0.25, 0.3) is 17.7 Å². The minimum atomic E-state index is -0.771. The van der Waals surface area contributed by atoms with Crippen LogP contribution in [0, 0.1) is 0 Å². The number of carbonyl (C=O) groups excluding carboxylic acids is 4. The van der Waals surface area contributed by atoms with Gasteiger partial charge in [-0.25, -0.2) is 4.79 Å². The average Bonchev–Trinajstić information content (AvgIpc) is 3.09. The first-order valence-corrected chi connectivity index (χ1v) is 10.7. The molecule has 8 nitrogen and oxygen atoms in total. The molecule has 172 valence electrons. The lowest BCUT2D eigenvalue weighted by Gasteiger charge is -2.17. The summed E-state index contributed by atoms with van der Waals surface area (Å²) in [4.78, 5) is 50.6. The highest BCUT2D eigenvalue weighted by Crippen LogP contribution is 2.26. The number of esters is 1. The molecule has 0 spiro atoms. The summed E-state index contributed by atoms with van der Waals surface area (Å²) >= 11 is 0. The summed E-state index contributed by atoms with van der Waals surface area (Å²) in [5.41, 5.74) is 0.987. The lowest BCUT2D eigenvalue weighted by atomic mass is 10.1. The maximum absolute atomic E-state index is 12.5. The number of carbonyl (C=O) groups is 4. The van der Waals surface area contributed by atoms with Gasteiger partial charge in [-0.1, -0.05) is 18.2 Å². The maximum atomic E-state index is 12.5. The molecule has 34 heavy (non-hydrogen) atoms. The molecule has 3 aromatic carbocycles. The summed E-state index contributed by atoms with van der Waals surface area (Å²) < 4.78 is 10.8. The zero-order chi connectivity index (χ0) is 24.2. The van der Waals surface area contributed by atoms with Gasteiger partial charge in [-0.05, 0) is 68.4 Å². The zero-order valence-electron chi connectivity index (χ0n) is 18.6. The number of rotatable bonds is 7. The van der Waals surface area contributed by atoms with Crippen LogP contribution in [0.15, 0.2) is 72.8 Å². The highest BCUT2D eigenvalue weighted by Gasteiger charge is 2.37. The van der Waals surface area contributed by atoms with Crippen molar-refractivity contribution in [1.82, 2.24) is 4.90 Å². The van der Waals surface area contributed by atoms with E-state index in [1.807, 2.05) is 30.3 Å². The number of imide groups is 1. The Morgan fingerprint density at radius 1 is 0.853 bits per heavy atom. The van der Waals surface area contributed by atoms with E-state index in [4.69, 9.17) is 9.47 Å². The van der Waals surface area contributed by atoms with Gasteiger partial charge in [-0.3, -0.25) is 19.3 Å². The Balaban J connectivity index is 1.32. The monoisotopic (exact) mass is 458 g/mol. The van der Waals surface area contributed by atoms with Crippen molar-refractivity contribution in [1.29, 1.82) is 0 Å². The van der Waals surface area contributed by atoms with Crippen LogP contribution >= 0.6 is 0 Å². The van der Waals surface area contributed by atoms with Crippen LogP contribution in [0.5, 0.6) is 11.5 Å². The number of fused-ring (bicyclic) bond motifs is 1. The number of hydrogen-bond donors (Lipinski definition) is 1. The second kappa shape index (κ2) is 9.58. The Morgan fingerprint density at radius 2 is 1.50 bits per heavy atom. The summed E-state index contributed by atoms with van der Waals surface area (Å²) in [5, 5.41) is 2.64. The summed E-state index contributed by atoms with van der Waals surface area (Å²) in [7, 11) is 0. The maximum Gasteiger partial charge on any atom is 0.338 e.